The van der Waals surface area contributed by atoms with Gasteiger partial charge in [-0.1, -0.05) is 24.3 Å². The van der Waals surface area contributed by atoms with Gasteiger partial charge in [0.05, 0.1) is 4.92 Å². The molecule has 0 heterocycles. The Hall–Kier alpha value is -1.44. The van der Waals surface area contributed by atoms with E-state index in [0.717, 1.165) is 6.07 Å². The number of benzene rings is 1. The molecule has 0 radical (unpaired) electrons. The van der Waals surface area contributed by atoms with Crippen molar-refractivity contribution in [3.63, 3.8) is 0 Å². The van der Waals surface area contributed by atoms with E-state index in [2.05, 4.69) is 4.72 Å². The maximum absolute atomic E-state index is 12.1. The lowest BCUT2D eigenvalue weighted by Gasteiger charge is -2.08. The van der Waals surface area contributed by atoms with Crippen LogP contribution in [0.5, 0.6) is 0 Å². The molecule has 19 heavy (non-hydrogen) atoms. The van der Waals surface area contributed by atoms with Crippen molar-refractivity contribution in [2.75, 3.05) is 12.4 Å². The summed E-state index contributed by atoms with van der Waals surface area (Å²) in [5.41, 5.74) is -0.114. The molecule has 0 saturated heterocycles. The molecule has 0 unspecified atom stereocenters. The number of nitro benzene ring substituents is 1. The molecule has 0 atom stereocenters. The number of rotatable bonds is 6. The van der Waals surface area contributed by atoms with Gasteiger partial charge in [0.2, 0.25) is 10.0 Å². The van der Waals surface area contributed by atoms with Crippen molar-refractivity contribution in [1.82, 2.24) is 4.72 Å². The fraction of sp³-hybridized carbons (Fsp3) is 0.273. The van der Waals surface area contributed by atoms with Gasteiger partial charge in [0.1, 0.15) is 0 Å². The lowest BCUT2D eigenvalue weighted by Crippen LogP contribution is -2.25. The molecule has 1 rings (SSSR count). The van der Waals surface area contributed by atoms with E-state index in [1.807, 2.05) is 0 Å². The van der Waals surface area contributed by atoms with Crippen molar-refractivity contribution >= 4 is 27.3 Å². The first-order valence-electron chi connectivity index (χ1n) is 5.34. The molecule has 1 aromatic rings. The van der Waals surface area contributed by atoms with E-state index in [4.69, 9.17) is 11.6 Å². The van der Waals surface area contributed by atoms with E-state index < -0.39 is 20.6 Å². The van der Waals surface area contributed by atoms with Gasteiger partial charge in [0.15, 0.2) is 4.90 Å². The molecular formula is C11H13ClN2O4S. The largest absolute Gasteiger partial charge is 0.289 e. The average molecular weight is 305 g/mol. The van der Waals surface area contributed by atoms with Crippen molar-refractivity contribution in [3.05, 3.63) is 46.0 Å². The highest BCUT2D eigenvalue weighted by atomic mass is 35.5. The number of nitrogens with zero attached hydrogens (tertiary/aromatic N) is 1. The molecule has 1 aromatic carbocycles. The van der Waals surface area contributed by atoms with Crippen molar-refractivity contribution in [3.8, 4) is 0 Å². The molecule has 0 aliphatic carbocycles. The Balaban J connectivity index is 3.14. The molecule has 0 bridgehead atoms. The second-order valence-electron chi connectivity index (χ2n) is 3.66. The highest BCUT2D eigenvalue weighted by molar-refractivity contribution is 7.89. The average Bonchev–Trinajstić information content (AvgIpc) is 2.34. The molecule has 0 amide bonds. The van der Waals surface area contributed by atoms with Crippen molar-refractivity contribution < 1.29 is 13.3 Å². The summed E-state index contributed by atoms with van der Waals surface area (Å²) in [6.07, 6.45) is 3.12. The minimum atomic E-state index is -3.93. The summed E-state index contributed by atoms with van der Waals surface area (Å²) in [7, 11) is -3.93. The van der Waals surface area contributed by atoms with Crippen LogP contribution in [0.4, 0.5) is 5.69 Å². The molecule has 0 fully saturated rings. The zero-order valence-corrected chi connectivity index (χ0v) is 11.7. The normalized spacial score (nSPS) is 11.9. The standard InChI is InChI=1S/C11H13ClN2O4S/c1-9-5-4-6-10(14(15)16)11(9)19(17,18)13-8-3-2-7-12/h2-6,13H,7-8H2,1H3/b3-2+. The van der Waals surface area contributed by atoms with E-state index in [1.54, 1.807) is 6.08 Å². The predicted octanol–water partition coefficient (Wildman–Crippen LogP) is 1.98. The summed E-state index contributed by atoms with van der Waals surface area (Å²) in [5.74, 6) is 0.270. The van der Waals surface area contributed by atoms with Gasteiger partial charge in [-0.3, -0.25) is 10.1 Å². The second kappa shape index (κ2) is 6.65. The van der Waals surface area contributed by atoms with Crippen molar-refractivity contribution in [2.45, 2.75) is 11.8 Å². The third kappa shape index (κ3) is 4.02. The van der Waals surface area contributed by atoms with Gasteiger partial charge in [-0.15, -0.1) is 11.6 Å². The lowest BCUT2D eigenvalue weighted by molar-refractivity contribution is -0.387. The Bertz CT molecular complexity index is 599. The maximum Gasteiger partial charge on any atom is 0.289 e. The second-order valence-corrected chi connectivity index (χ2v) is 5.67. The van der Waals surface area contributed by atoms with Crippen molar-refractivity contribution in [1.29, 1.82) is 0 Å². The molecule has 0 saturated carbocycles. The van der Waals surface area contributed by atoms with Crippen LogP contribution in [0, 0.1) is 17.0 Å². The SMILES string of the molecule is Cc1cccc([N+](=O)[O-])c1S(=O)(=O)NC/C=C/CCl. The number of aryl methyl sites for hydroxylation is 1. The number of nitro groups is 1. The van der Waals surface area contributed by atoms with Crippen LogP contribution in [-0.2, 0) is 10.0 Å². The third-order valence-corrected chi connectivity index (χ3v) is 4.10. The molecule has 0 aliphatic heterocycles. The molecule has 0 aliphatic rings. The predicted molar refractivity (Wildman–Crippen MR) is 72.9 cm³/mol. The summed E-state index contributed by atoms with van der Waals surface area (Å²) >= 11 is 5.41. The van der Waals surface area contributed by atoms with E-state index in [1.165, 1.54) is 25.1 Å². The topological polar surface area (TPSA) is 89.3 Å². The number of hydrogen-bond donors (Lipinski definition) is 1. The smallest absolute Gasteiger partial charge is 0.258 e. The quantitative estimate of drug-likeness (QED) is 0.376. The number of nitrogens with one attached hydrogen (secondary N) is 1. The van der Waals surface area contributed by atoms with Crippen LogP contribution >= 0.6 is 11.6 Å². The van der Waals surface area contributed by atoms with Gasteiger partial charge < -0.3 is 0 Å². The molecule has 8 heteroatoms. The Labute approximate surface area is 116 Å². The van der Waals surface area contributed by atoms with Gasteiger partial charge in [-0.05, 0) is 12.5 Å². The zero-order chi connectivity index (χ0) is 14.5. The number of sulfonamides is 1. The van der Waals surface area contributed by atoms with E-state index in [9.17, 15) is 18.5 Å². The Morgan fingerprint density at radius 2 is 2.11 bits per heavy atom. The first kappa shape index (κ1) is 15.6. The van der Waals surface area contributed by atoms with E-state index in [-0.39, 0.29) is 17.3 Å². The van der Waals surface area contributed by atoms with Crippen molar-refractivity contribution in [2.24, 2.45) is 0 Å². The summed E-state index contributed by atoms with van der Waals surface area (Å²) in [6, 6.07) is 4.12. The Kier molecular flexibility index (Phi) is 5.46. The first-order chi connectivity index (χ1) is 8.90. The zero-order valence-electron chi connectivity index (χ0n) is 10.2. The van der Waals surface area contributed by atoms with Gasteiger partial charge in [-0.25, -0.2) is 13.1 Å². The first-order valence-corrected chi connectivity index (χ1v) is 7.36. The van der Waals surface area contributed by atoms with Crippen LogP contribution in [0.25, 0.3) is 0 Å². The van der Waals surface area contributed by atoms with Gasteiger partial charge in [-0.2, -0.15) is 0 Å². The number of alkyl halides is 1. The monoisotopic (exact) mass is 304 g/mol. The molecular weight excluding hydrogens is 292 g/mol. The number of allylic oxidation sites excluding steroid dienone is 1. The molecule has 1 N–H and O–H groups in total. The fourth-order valence-corrected chi connectivity index (χ4v) is 3.00. The minimum absolute atomic E-state index is 0.0283. The lowest BCUT2D eigenvalue weighted by atomic mass is 10.2. The van der Waals surface area contributed by atoms with Crippen LogP contribution < -0.4 is 4.72 Å². The summed E-state index contributed by atoms with van der Waals surface area (Å²) in [6.45, 7) is 1.54. The molecule has 0 spiro atoms. The van der Waals surface area contributed by atoms with Crippen LogP contribution in [-0.4, -0.2) is 25.8 Å². The molecule has 0 aromatic heterocycles. The maximum atomic E-state index is 12.1. The van der Waals surface area contributed by atoms with Gasteiger partial charge in [0, 0.05) is 18.5 Å². The molecule has 104 valence electrons. The number of halogens is 1. The van der Waals surface area contributed by atoms with E-state index >= 15 is 0 Å². The summed E-state index contributed by atoms with van der Waals surface area (Å²) in [5, 5.41) is 10.9. The molecule has 6 nitrogen and oxygen atoms in total. The highest BCUT2D eigenvalue weighted by Crippen LogP contribution is 2.26. The minimum Gasteiger partial charge on any atom is -0.258 e. The summed E-state index contributed by atoms with van der Waals surface area (Å²) < 4.78 is 26.4. The number of hydrogen-bond acceptors (Lipinski definition) is 4. The van der Waals surface area contributed by atoms with Crippen LogP contribution in [0.3, 0.4) is 0 Å². The Morgan fingerprint density at radius 1 is 1.42 bits per heavy atom. The summed E-state index contributed by atoms with van der Waals surface area (Å²) in [4.78, 5) is 9.86. The van der Waals surface area contributed by atoms with Gasteiger partial charge >= 0.3 is 0 Å². The van der Waals surface area contributed by atoms with E-state index in [0.29, 0.717) is 5.56 Å². The highest BCUT2D eigenvalue weighted by Gasteiger charge is 2.26. The van der Waals surface area contributed by atoms with Crippen LogP contribution in [0.2, 0.25) is 0 Å². The van der Waals surface area contributed by atoms with Crippen LogP contribution in [0.15, 0.2) is 35.2 Å². The Morgan fingerprint density at radius 3 is 2.68 bits per heavy atom. The third-order valence-electron chi connectivity index (χ3n) is 2.30. The van der Waals surface area contributed by atoms with Gasteiger partial charge in [0.25, 0.3) is 5.69 Å². The van der Waals surface area contributed by atoms with Crippen LogP contribution in [0.1, 0.15) is 5.56 Å². The fourth-order valence-electron chi connectivity index (χ4n) is 1.51.